The molecule has 0 radical (unpaired) electrons. The van der Waals surface area contributed by atoms with Gasteiger partial charge < -0.3 is 20.4 Å². The molecule has 104 valence electrons. The normalized spacial score (nSPS) is 22.6. The zero-order valence-electron chi connectivity index (χ0n) is 10.9. The third-order valence-corrected chi connectivity index (χ3v) is 3.07. The topological polar surface area (TPSA) is 85.7 Å². The number of carbonyl (C=O) groups is 1. The smallest absolute Gasteiger partial charge is 0.272 e. The van der Waals surface area contributed by atoms with Gasteiger partial charge in [0.25, 0.3) is 5.91 Å². The van der Waals surface area contributed by atoms with Crippen LogP contribution in [0.5, 0.6) is 0 Å². The summed E-state index contributed by atoms with van der Waals surface area (Å²) in [6.07, 6.45) is -0.764. The molecule has 1 aromatic rings. The lowest BCUT2D eigenvalue weighted by Crippen LogP contribution is -2.30. The van der Waals surface area contributed by atoms with Gasteiger partial charge >= 0.3 is 0 Å². The lowest BCUT2D eigenvalue weighted by Gasteiger charge is -2.15. The minimum absolute atomic E-state index is 0.147. The minimum atomic E-state index is -0.870. The van der Waals surface area contributed by atoms with Crippen LogP contribution in [0, 0.1) is 0 Å². The number of amides is 1. The lowest BCUT2D eigenvalue weighted by molar-refractivity contribution is 0.0572. The number of β-amino-alcohol motifs (C(OH)–C–C–N with tert-alkyl or cyclic N) is 2. The van der Waals surface area contributed by atoms with Gasteiger partial charge in [0, 0.05) is 19.6 Å². The van der Waals surface area contributed by atoms with Crippen molar-refractivity contribution in [3.05, 3.63) is 23.9 Å². The summed E-state index contributed by atoms with van der Waals surface area (Å²) >= 11 is 0. The molecule has 6 heteroatoms. The van der Waals surface area contributed by atoms with E-state index in [4.69, 9.17) is 0 Å². The number of anilines is 1. The average molecular weight is 265 g/mol. The number of pyridine rings is 1. The summed E-state index contributed by atoms with van der Waals surface area (Å²) in [5, 5.41) is 22.0. The van der Waals surface area contributed by atoms with Crippen molar-refractivity contribution in [3.8, 4) is 0 Å². The first-order chi connectivity index (χ1) is 9.11. The van der Waals surface area contributed by atoms with Crippen molar-refractivity contribution in [2.45, 2.75) is 25.6 Å². The zero-order valence-corrected chi connectivity index (χ0v) is 10.9. The largest absolute Gasteiger partial charge is 0.388 e. The Bertz CT molecular complexity index is 443. The standard InChI is InChI=1S/C13H19N3O3/c1-2-6-14-12-5-3-4-9(15-12)13(19)16-7-10(17)11(18)8-16/h3-5,10-11,17-18H,2,6-8H2,1H3,(H,14,15). The van der Waals surface area contributed by atoms with E-state index < -0.39 is 12.2 Å². The maximum atomic E-state index is 12.2. The van der Waals surface area contributed by atoms with Crippen LogP contribution in [0.2, 0.25) is 0 Å². The molecule has 2 atom stereocenters. The second-order valence-electron chi connectivity index (χ2n) is 4.68. The van der Waals surface area contributed by atoms with E-state index in [1.807, 2.05) is 0 Å². The van der Waals surface area contributed by atoms with Gasteiger partial charge in [-0.3, -0.25) is 4.79 Å². The third kappa shape index (κ3) is 3.21. The molecule has 3 N–H and O–H groups in total. The van der Waals surface area contributed by atoms with Crippen LogP contribution in [0.3, 0.4) is 0 Å². The monoisotopic (exact) mass is 265 g/mol. The number of carbonyl (C=O) groups excluding carboxylic acids is 1. The summed E-state index contributed by atoms with van der Waals surface area (Å²) in [6.45, 7) is 3.14. The van der Waals surface area contributed by atoms with Gasteiger partial charge in [-0.25, -0.2) is 4.98 Å². The van der Waals surface area contributed by atoms with E-state index in [2.05, 4.69) is 17.2 Å². The van der Waals surface area contributed by atoms with Gasteiger partial charge in [-0.2, -0.15) is 0 Å². The molecule has 2 rings (SSSR count). The average Bonchev–Trinajstić information content (AvgIpc) is 2.76. The molecule has 0 saturated carbocycles. The number of aromatic nitrogens is 1. The van der Waals surface area contributed by atoms with Crippen LogP contribution in [0.25, 0.3) is 0 Å². The number of rotatable bonds is 4. The van der Waals surface area contributed by atoms with E-state index >= 15 is 0 Å². The fourth-order valence-electron chi connectivity index (χ4n) is 2.00. The van der Waals surface area contributed by atoms with Crippen molar-refractivity contribution in [2.75, 3.05) is 25.0 Å². The molecule has 2 heterocycles. The highest BCUT2D eigenvalue weighted by Crippen LogP contribution is 2.14. The lowest BCUT2D eigenvalue weighted by atomic mass is 10.3. The van der Waals surface area contributed by atoms with E-state index in [1.54, 1.807) is 18.2 Å². The molecular formula is C13H19N3O3. The van der Waals surface area contributed by atoms with Crippen molar-refractivity contribution in [1.82, 2.24) is 9.88 Å². The molecule has 0 bridgehead atoms. The molecule has 2 unspecified atom stereocenters. The Kier molecular flexibility index (Phi) is 4.34. The van der Waals surface area contributed by atoms with Gasteiger partial charge in [0.1, 0.15) is 11.5 Å². The fourth-order valence-corrected chi connectivity index (χ4v) is 2.00. The van der Waals surface area contributed by atoms with Crippen molar-refractivity contribution < 1.29 is 15.0 Å². The number of aliphatic hydroxyl groups is 2. The Morgan fingerprint density at radius 3 is 2.74 bits per heavy atom. The molecule has 1 aliphatic rings. The highest BCUT2D eigenvalue weighted by atomic mass is 16.3. The third-order valence-electron chi connectivity index (χ3n) is 3.07. The number of hydrogen-bond acceptors (Lipinski definition) is 5. The predicted octanol–water partition coefficient (Wildman–Crippen LogP) is 0.0811. The fraction of sp³-hybridized carbons (Fsp3) is 0.538. The van der Waals surface area contributed by atoms with Crippen molar-refractivity contribution in [3.63, 3.8) is 0 Å². The van der Waals surface area contributed by atoms with E-state index in [1.165, 1.54) is 4.90 Å². The first kappa shape index (κ1) is 13.8. The summed E-state index contributed by atoms with van der Waals surface area (Å²) < 4.78 is 0. The zero-order chi connectivity index (χ0) is 13.8. The van der Waals surface area contributed by atoms with Crippen LogP contribution in [-0.2, 0) is 0 Å². The Hall–Kier alpha value is -1.66. The molecule has 1 aliphatic heterocycles. The van der Waals surface area contributed by atoms with Gasteiger partial charge in [0.15, 0.2) is 0 Å². The number of hydrogen-bond donors (Lipinski definition) is 3. The second-order valence-corrected chi connectivity index (χ2v) is 4.68. The summed E-state index contributed by atoms with van der Waals surface area (Å²) in [4.78, 5) is 17.8. The SMILES string of the molecule is CCCNc1cccc(C(=O)N2CC(O)C(O)C2)n1. The van der Waals surface area contributed by atoms with Crippen LogP contribution in [0.4, 0.5) is 5.82 Å². The summed E-state index contributed by atoms with van der Waals surface area (Å²) in [7, 11) is 0. The first-order valence-corrected chi connectivity index (χ1v) is 6.48. The molecule has 0 aromatic carbocycles. The minimum Gasteiger partial charge on any atom is -0.388 e. The van der Waals surface area contributed by atoms with Gasteiger partial charge in [0.2, 0.25) is 0 Å². The number of nitrogens with one attached hydrogen (secondary N) is 1. The highest BCUT2D eigenvalue weighted by Gasteiger charge is 2.33. The van der Waals surface area contributed by atoms with Crippen molar-refractivity contribution in [1.29, 1.82) is 0 Å². The molecular weight excluding hydrogens is 246 g/mol. The molecule has 1 fully saturated rings. The van der Waals surface area contributed by atoms with Gasteiger partial charge in [-0.05, 0) is 18.6 Å². The van der Waals surface area contributed by atoms with Crippen LogP contribution < -0.4 is 5.32 Å². The summed E-state index contributed by atoms with van der Waals surface area (Å²) in [5.74, 6) is 0.392. The Morgan fingerprint density at radius 2 is 2.11 bits per heavy atom. The summed E-state index contributed by atoms with van der Waals surface area (Å²) in [5.41, 5.74) is 0.322. The van der Waals surface area contributed by atoms with E-state index in [9.17, 15) is 15.0 Å². The van der Waals surface area contributed by atoms with Crippen LogP contribution in [-0.4, -0.2) is 57.8 Å². The number of nitrogens with zero attached hydrogens (tertiary/aromatic N) is 2. The van der Waals surface area contributed by atoms with Gasteiger partial charge in [-0.1, -0.05) is 13.0 Å². The summed E-state index contributed by atoms with van der Waals surface area (Å²) in [6, 6.07) is 5.21. The maximum Gasteiger partial charge on any atom is 0.272 e. The van der Waals surface area contributed by atoms with Crippen molar-refractivity contribution >= 4 is 11.7 Å². The molecule has 19 heavy (non-hydrogen) atoms. The molecule has 1 saturated heterocycles. The van der Waals surface area contributed by atoms with Gasteiger partial charge in [0.05, 0.1) is 12.2 Å². The number of likely N-dealkylation sites (tertiary alicyclic amines) is 1. The van der Waals surface area contributed by atoms with Crippen LogP contribution >= 0.6 is 0 Å². The molecule has 0 spiro atoms. The van der Waals surface area contributed by atoms with Crippen molar-refractivity contribution in [2.24, 2.45) is 0 Å². The van der Waals surface area contributed by atoms with Gasteiger partial charge in [-0.15, -0.1) is 0 Å². The first-order valence-electron chi connectivity index (χ1n) is 6.48. The Balaban J connectivity index is 2.07. The molecule has 0 aliphatic carbocycles. The molecule has 6 nitrogen and oxygen atoms in total. The predicted molar refractivity (Wildman–Crippen MR) is 70.9 cm³/mol. The van der Waals surface area contributed by atoms with E-state index in [-0.39, 0.29) is 19.0 Å². The maximum absolute atomic E-state index is 12.2. The van der Waals surface area contributed by atoms with E-state index in [0.29, 0.717) is 11.5 Å². The van der Waals surface area contributed by atoms with Crippen LogP contribution in [0.1, 0.15) is 23.8 Å². The van der Waals surface area contributed by atoms with Crippen LogP contribution in [0.15, 0.2) is 18.2 Å². The molecule has 1 aromatic heterocycles. The Labute approximate surface area is 112 Å². The van der Waals surface area contributed by atoms with E-state index in [0.717, 1.165) is 13.0 Å². The quantitative estimate of drug-likeness (QED) is 0.718. The number of aliphatic hydroxyl groups excluding tert-OH is 2. The second kappa shape index (κ2) is 5.99. The Morgan fingerprint density at radius 1 is 1.42 bits per heavy atom. The molecule has 1 amide bonds. The highest BCUT2D eigenvalue weighted by molar-refractivity contribution is 5.93.